The summed E-state index contributed by atoms with van der Waals surface area (Å²) < 4.78 is 5.16. The minimum Gasteiger partial charge on any atom is -0.380 e. The smallest absolute Gasteiger partial charge is 0.258 e. The molecule has 0 aromatic heterocycles. The fourth-order valence-electron chi connectivity index (χ4n) is 3.02. The first-order chi connectivity index (χ1) is 10.8. The lowest BCUT2D eigenvalue weighted by molar-refractivity contribution is 0.0986. The highest BCUT2D eigenvalue weighted by atomic mass is 16.5. The zero-order valence-electron chi connectivity index (χ0n) is 12.9. The summed E-state index contributed by atoms with van der Waals surface area (Å²) in [5, 5.41) is 0. The van der Waals surface area contributed by atoms with Crippen LogP contribution >= 0.6 is 0 Å². The molecule has 3 nitrogen and oxygen atoms in total. The number of amides is 1. The molecular weight excluding hydrogens is 274 g/mol. The number of hydrogen-bond donors (Lipinski definition) is 0. The molecule has 0 fully saturated rings. The zero-order chi connectivity index (χ0) is 15.4. The highest BCUT2D eigenvalue weighted by Crippen LogP contribution is 2.27. The molecule has 0 saturated heterocycles. The van der Waals surface area contributed by atoms with Gasteiger partial charge in [0.2, 0.25) is 0 Å². The molecule has 1 heterocycles. The van der Waals surface area contributed by atoms with Crippen LogP contribution in [0.4, 0.5) is 5.69 Å². The minimum absolute atomic E-state index is 0.0762. The molecule has 2 aromatic rings. The lowest BCUT2D eigenvalue weighted by atomic mass is 10.1. The number of para-hydroxylation sites is 1. The van der Waals surface area contributed by atoms with Crippen molar-refractivity contribution in [1.29, 1.82) is 0 Å². The van der Waals surface area contributed by atoms with Crippen LogP contribution in [-0.4, -0.2) is 19.6 Å². The Labute approximate surface area is 131 Å². The number of carbonyl (C=O) groups is 1. The van der Waals surface area contributed by atoms with Gasteiger partial charge in [-0.25, -0.2) is 0 Å². The summed E-state index contributed by atoms with van der Waals surface area (Å²) in [6, 6.07) is 16.0. The van der Waals surface area contributed by atoms with Gasteiger partial charge in [-0.2, -0.15) is 0 Å². The number of rotatable bonds is 3. The molecule has 1 amide bonds. The van der Waals surface area contributed by atoms with Crippen molar-refractivity contribution in [1.82, 2.24) is 0 Å². The fraction of sp³-hybridized carbons (Fsp3) is 0.316. The molecule has 1 aliphatic heterocycles. The maximum atomic E-state index is 13.0. The second-order valence-electron chi connectivity index (χ2n) is 5.68. The van der Waals surface area contributed by atoms with Gasteiger partial charge in [0.1, 0.15) is 0 Å². The first-order valence-corrected chi connectivity index (χ1v) is 7.77. The summed E-state index contributed by atoms with van der Waals surface area (Å²) in [6.07, 6.45) is 3.21. The van der Waals surface area contributed by atoms with E-state index in [0.29, 0.717) is 6.61 Å². The Kier molecular flexibility index (Phi) is 4.54. The van der Waals surface area contributed by atoms with E-state index in [-0.39, 0.29) is 5.91 Å². The number of ether oxygens (including phenoxy) is 1. The second kappa shape index (κ2) is 6.75. The van der Waals surface area contributed by atoms with Crippen molar-refractivity contribution in [3.63, 3.8) is 0 Å². The molecule has 0 N–H and O–H groups in total. The summed E-state index contributed by atoms with van der Waals surface area (Å²) in [5.41, 5.74) is 4.08. The third-order valence-electron chi connectivity index (χ3n) is 4.09. The Balaban J connectivity index is 1.93. The van der Waals surface area contributed by atoms with E-state index in [0.717, 1.165) is 42.6 Å². The lowest BCUT2D eigenvalue weighted by Gasteiger charge is -2.23. The predicted molar refractivity (Wildman–Crippen MR) is 88.2 cm³/mol. The van der Waals surface area contributed by atoms with Crippen molar-refractivity contribution in [2.24, 2.45) is 0 Å². The Bertz CT molecular complexity index is 666. The van der Waals surface area contributed by atoms with E-state index < -0.39 is 0 Å². The monoisotopic (exact) mass is 295 g/mol. The predicted octanol–water partition coefficient (Wildman–Crippen LogP) is 3.82. The van der Waals surface area contributed by atoms with Crippen LogP contribution < -0.4 is 4.90 Å². The average Bonchev–Trinajstić information content (AvgIpc) is 2.77. The molecule has 3 rings (SSSR count). The molecule has 22 heavy (non-hydrogen) atoms. The fourth-order valence-corrected chi connectivity index (χ4v) is 3.02. The van der Waals surface area contributed by atoms with Gasteiger partial charge in [0.15, 0.2) is 0 Å². The van der Waals surface area contributed by atoms with Gasteiger partial charge < -0.3 is 9.64 Å². The Morgan fingerprint density at radius 3 is 2.86 bits per heavy atom. The van der Waals surface area contributed by atoms with Crippen LogP contribution in [0.5, 0.6) is 0 Å². The van der Waals surface area contributed by atoms with Crippen LogP contribution in [0.3, 0.4) is 0 Å². The Hall–Kier alpha value is -2.13. The van der Waals surface area contributed by atoms with Crippen molar-refractivity contribution in [2.75, 3.05) is 18.6 Å². The summed E-state index contributed by atoms with van der Waals surface area (Å²) >= 11 is 0. The van der Waals surface area contributed by atoms with E-state index in [1.54, 1.807) is 7.11 Å². The van der Waals surface area contributed by atoms with Crippen molar-refractivity contribution in [2.45, 2.75) is 25.9 Å². The van der Waals surface area contributed by atoms with E-state index in [9.17, 15) is 4.79 Å². The second-order valence-corrected chi connectivity index (χ2v) is 5.68. The van der Waals surface area contributed by atoms with Gasteiger partial charge in [-0.3, -0.25) is 4.79 Å². The standard InChI is InChI=1S/C19H21NO2/c1-22-14-15-7-6-10-17(13-15)19(21)20-12-5-4-9-16-8-2-3-11-18(16)20/h2-3,6-8,10-11,13H,4-5,9,12,14H2,1H3. The third-order valence-corrected chi connectivity index (χ3v) is 4.09. The van der Waals surface area contributed by atoms with E-state index in [1.807, 2.05) is 41.3 Å². The molecule has 2 aromatic carbocycles. The summed E-state index contributed by atoms with van der Waals surface area (Å²) in [7, 11) is 1.67. The topological polar surface area (TPSA) is 29.5 Å². The van der Waals surface area contributed by atoms with Gasteiger partial charge in [0, 0.05) is 24.9 Å². The third kappa shape index (κ3) is 3.04. The molecule has 114 valence electrons. The van der Waals surface area contributed by atoms with Crippen LogP contribution in [0.2, 0.25) is 0 Å². The summed E-state index contributed by atoms with van der Waals surface area (Å²) in [6.45, 7) is 1.31. The molecule has 0 bridgehead atoms. The maximum absolute atomic E-state index is 13.0. The van der Waals surface area contributed by atoms with Gasteiger partial charge in [-0.1, -0.05) is 30.3 Å². The first-order valence-electron chi connectivity index (χ1n) is 7.77. The van der Waals surface area contributed by atoms with Gasteiger partial charge in [0.25, 0.3) is 5.91 Å². The van der Waals surface area contributed by atoms with Gasteiger partial charge in [0.05, 0.1) is 6.61 Å². The minimum atomic E-state index is 0.0762. The molecule has 0 saturated carbocycles. The van der Waals surface area contributed by atoms with Crippen LogP contribution in [-0.2, 0) is 17.8 Å². The van der Waals surface area contributed by atoms with E-state index >= 15 is 0 Å². The van der Waals surface area contributed by atoms with Crippen molar-refractivity contribution < 1.29 is 9.53 Å². The molecule has 0 aliphatic carbocycles. The van der Waals surface area contributed by atoms with Crippen molar-refractivity contribution in [3.05, 3.63) is 65.2 Å². The summed E-state index contributed by atoms with van der Waals surface area (Å²) in [4.78, 5) is 14.9. The van der Waals surface area contributed by atoms with Crippen molar-refractivity contribution in [3.8, 4) is 0 Å². The number of carbonyl (C=O) groups excluding carboxylic acids is 1. The van der Waals surface area contributed by atoms with Crippen LogP contribution in [0.15, 0.2) is 48.5 Å². The van der Waals surface area contributed by atoms with E-state index in [2.05, 4.69) is 12.1 Å². The Morgan fingerprint density at radius 2 is 2.00 bits per heavy atom. The maximum Gasteiger partial charge on any atom is 0.258 e. The molecular formula is C19H21NO2. The van der Waals surface area contributed by atoms with Crippen LogP contribution in [0.25, 0.3) is 0 Å². The zero-order valence-corrected chi connectivity index (χ0v) is 12.9. The molecule has 1 aliphatic rings. The number of nitrogens with zero attached hydrogens (tertiary/aromatic N) is 1. The highest BCUT2D eigenvalue weighted by Gasteiger charge is 2.22. The average molecular weight is 295 g/mol. The van der Waals surface area contributed by atoms with Crippen LogP contribution in [0, 0.1) is 0 Å². The molecule has 3 heteroatoms. The number of fused-ring (bicyclic) bond motifs is 1. The normalized spacial score (nSPS) is 14.3. The van der Waals surface area contributed by atoms with Crippen LogP contribution in [0.1, 0.15) is 34.3 Å². The highest BCUT2D eigenvalue weighted by molar-refractivity contribution is 6.06. The SMILES string of the molecule is COCc1cccc(C(=O)N2CCCCc3ccccc32)c1. The van der Waals surface area contributed by atoms with E-state index in [4.69, 9.17) is 4.74 Å². The lowest BCUT2D eigenvalue weighted by Crippen LogP contribution is -2.31. The quantitative estimate of drug-likeness (QED) is 0.861. The number of aryl methyl sites for hydroxylation is 1. The van der Waals surface area contributed by atoms with Gasteiger partial charge in [-0.15, -0.1) is 0 Å². The van der Waals surface area contributed by atoms with E-state index in [1.165, 1.54) is 5.56 Å². The Morgan fingerprint density at radius 1 is 1.14 bits per heavy atom. The van der Waals surface area contributed by atoms with Gasteiger partial charge >= 0.3 is 0 Å². The number of benzene rings is 2. The molecule has 0 atom stereocenters. The largest absolute Gasteiger partial charge is 0.380 e. The van der Waals surface area contributed by atoms with Crippen molar-refractivity contribution >= 4 is 11.6 Å². The molecule has 0 spiro atoms. The number of methoxy groups -OCH3 is 1. The molecule has 0 unspecified atom stereocenters. The first kappa shape index (κ1) is 14.8. The molecule has 0 radical (unpaired) electrons. The number of hydrogen-bond acceptors (Lipinski definition) is 2. The summed E-state index contributed by atoms with van der Waals surface area (Å²) in [5.74, 6) is 0.0762. The van der Waals surface area contributed by atoms with Gasteiger partial charge in [-0.05, 0) is 48.6 Å². The number of anilines is 1.